The van der Waals surface area contributed by atoms with E-state index in [0.29, 0.717) is 10.1 Å². The molecule has 0 aliphatic carbocycles. The number of carboxylic acids is 1. The lowest BCUT2D eigenvalue weighted by molar-refractivity contribution is -0.137. The van der Waals surface area contributed by atoms with Crippen molar-refractivity contribution < 1.29 is 22.9 Å². The van der Waals surface area contributed by atoms with Gasteiger partial charge in [-0.1, -0.05) is 22.6 Å². The lowest BCUT2D eigenvalue weighted by Gasteiger charge is -2.19. The number of nitrogens with one attached hydrogen (secondary N) is 1. The van der Waals surface area contributed by atoms with Crippen LogP contribution >= 0.6 is 0 Å². The van der Waals surface area contributed by atoms with E-state index >= 15 is 0 Å². The molecule has 0 heterocycles. The van der Waals surface area contributed by atoms with Gasteiger partial charge in [0.15, 0.2) is 0 Å². The van der Waals surface area contributed by atoms with Gasteiger partial charge < -0.3 is 10.5 Å². The fourth-order valence-corrected chi connectivity index (χ4v) is 1.63. The van der Waals surface area contributed by atoms with Crippen LogP contribution < -0.4 is 5.43 Å². The SMILES string of the molecule is O=C(O)CCN(Nc1ccccc1)S(=O)(=O)O. The van der Waals surface area contributed by atoms with E-state index in [1.807, 2.05) is 0 Å². The number of anilines is 1. The van der Waals surface area contributed by atoms with Gasteiger partial charge in [-0.15, -0.1) is 0 Å². The summed E-state index contributed by atoms with van der Waals surface area (Å²) in [5, 5.41) is 8.46. The van der Waals surface area contributed by atoms with Crippen LogP contribution in [0.3, 0.4) is 0 Å². The Morgan fingerprint density at radius 1 is 1.29 bits per heavy atom. The second kappa shape index (κ2) is 5.62. The van der Waals surface area contributed by atoms with E-state index in [1.165, 1.54) is 0 Å². The molecule has 0 spiro atoms. The molecule has 0 aliphatic rings. The van der Waals surface area contributed by atoms with Crippen molar-refractivity contribution in [2.45, 2.75) is 6.42 Å². The van der Waals surface area contributed by atoms with Gasteiger partial charge in [0.1, 0.15) is 0 Å². The van der Waals surface area contributed by atoms with Crippen molar-refractivity contribution in [1.82, 2.24) is 4.41 Å². The maximum atomic E-state index is 11.0. The molecule has 0 saturated heterocycles. The number of aliphatic carboxylic acids is 1. The molecule has 0 radical (unpaired) electrons. The molecule has 1 aromatic rings. The van der Waals surface area contributed by atoms with Crippen LogP contribution in [0.4, 0.5) is 5.69 Å². The highest BCUT2D eigenvalue weighted by atomic mass is 32.2. The first-order chi connectivity index (χ1) is 7.89. The molecule has 3 N–H and O–H groups in total. The van der Waals surface area contributed by atoms with E-state index in [2.05, 4.69) is 5.43 Å². The van der Waals surface area contributed by atoms with Crippen LogP contribution in [-0.2, 0) is 15.1 Å². The second-order valence-electron chi connectivity index (χ2n) is 3.17. The largest absolute Gasteiger partial charge is 0.481 e. The van der Waals surface area contributed by atoms with Crippen LogP contribution in [0.1, 0.15) is 6.42 Å². The molecule has 0 amide bonds. The van der Waals surface area contributed by atoms with Crippen molar-refractivity contribution in [3.8, 4) is 0 Å². The van der Waals surface area contributed by atoms with Crippen molar-refractivity contribution in [2.24, 2.45) is 0 Å². The molecule has 7 nitrogen and oxygen atoms in total. The van der Waals surface area contributed by atoms with E-state index in [1.54, 1.807) is 30.3 Å². The second-order valence-corrected chi connectivity index (χ2v) is 4.51. The first kappa shape index (κ1) is 13.4. The fourth-order valence-electron chi connectivity index (χ4n) is 1.08. The number of benzene rings is 1. The Morgan fingerprint density at radius 3 is 2.35 bits per heavy atom. The first-order valence-electron chi connectivity index (χ1n) is 4.68. The van der Waals surface area contributed by atoms with Gasteiger partial charge in [-0.25, -0.2) is 0 Å². The summed E-state index contributed by atoms with van der Waals surface area (Å²) in [5.74, 6) is -1.16. The van der Waals surface area contributed by atoms with Crippen LogP contribution in [0.5, 0.6) is 0 Å². The molecule has 0 bridgehead atoms. The summed E-state index contributed by atoms with van der Waals surface area (Å²) < 4.78 is 31.3. The summed E-state index contributed by atoms with van der Waals surface area (Å²) in [5.41, 5.74) is 2.83. The third-order valence-corrected chi connectivity index (χ3v) is 2.67. The first-order valence-corrected chi connectivity index (χ1v) is 6.08. The minimum Gasteiger partial charge on any atom is -0.481 e. The number of nitrogens with zero attached hydrogens (tertiary/aromatic N) is 1. The summed E-state index contributed by atoms with van der Waals surface area (Å²) >= 11 is 0. The van der Waals surface area contributed by atoms with Crippen LogP contribution in [0.15, 0.2) is 30.3 Å². The zero-order valence-corrected chi connectivity index (χ0v) is 9.59. The minimum atomic E-state index is -4.50. The molecule has 0 unspecified atom stereocenters. The molecule has 94 valence electrons. The lowest BCUT2D eigenvalue weighted by Crippen LogP contribution is -2.37. The zero-order valence-electron chi connectivity index (χ0n) is 8.78. The normalized spacial score (nSPS) is 11.4. The molecular formula is C9H12N2O5S. The van der Waals surface area contributed by atoms with Crippen molar-refractivity contribution in [3.63, 3.8) is 0 Å². The molecule has 1 aromatic carbocycles. The van der Waals surface area contributed by atoms with Gasteiger partial charge in [0, 0.05) is 6.54 Å². The Bertz CT molecular complexity index is 473. The Labute approximate surface area is 98.5 Å². The lowest BCUT2D eigenvalue weighted by atomic mass is 10.3. The maximum absolute atomic E-state index is 11.0. The molecule has 8 heteroatoms. The van der Waals surface area contributed by atoms with Crippen molar-refractivity contribution in [3.05, 3.63) is 30.3 Å². The predicted molar refractivity (Wildman–Crippen MR) is 60.6 cm³/mol. The average Bonchev–Trinajstić information content (AvgIpc) is 2.23. The number of rotatable bonds is 6. The van der Waals surface area contributed by atoms with Crippen LogP contribution in [0.25, 0.3) is 0 Å². The van der Waals surface area contributed by atoms with Gasteiger partial charge in [-0.2, -0.15) is 8.42 Å². The summed E-state index contributed by atoms with van der Waals surface area (Å²) in [6.07, 6.45) is -0.417. The number of carboxylic acid groups (broad SMARTS) is 1. The molecular weight excluding hydrogens is 248 g/mol. The van der Waals surface area contributed by atoms with Crippen LogP contribution in [0, 0.1) is 0 Å². The molecule has 1 rings (SSSR count). The van der Waals surface area contributed by atoms with E-state index in [-0.39, 0.29) is 6.54 Å². The monoisotopic (exact) mass is 260 g/mol. The van der Waals surface area contributed by atoms with E-state index < -0.39 is 22.7 Å². The predicted octanol–water partition coefficient (Wildman–Crippen LogP) is 0.593. The van der Waals surface area contributed by atoms with Crippen molar-refractivity contribution in [1.29, 1.82) is 0 Å². The fraction of sp³-hybridized carbons (Fsp3) is 0.222. The summed E-state index contributed by atoms with van der Waals surface area (Å²) in [4.78, 5) is 10.4. The summed E-state index contributed by atoms with van der Waals surface area (Å²) in [7, 11) is -4.50. The topological polar surface area (TPSA) is 107 Å². The number of hydrogen-bond donors (Lipinski definition) is 3. The van der Waals surface area contributed by atoms with Gasteiger partial charge in [0.2, 0.25) is 0 Å². The van der Waals surface area contributed by atoms with Crippen LogP contribution in [0.2, 0.25) is 0 Å². The van der Waals surface area contributed by atoms with E-state index in [0.717, 1.165) is 0 Å². The molecule has 0 saturated carbocycles. The quantitative estimate of drug-likeness (QED) is 0.510. The molecule has 0 aliphatic heterocycles. The van der Waals surface area contributed by atoms with Gasteiger partial charge in [0.25, 0.3) is 0 Å². The Morgan fingerprint density at radius 2 is 1.88 bits per heavy atom. The number of hydrazine groups is 1. The van der Waals surface area contributed by atoms with Gasteiger partial charge in [-0.05, 0) is 12.1 Å². The average molecular weight is 260 g/mol. The van der Waals surface area contributed by atoms with E-state index in [9.17, 15) is 13.2 Å². The van der Waals surface area contributed by atoms with Crippen molar-refractivity contribution >= 4 is 22.0 Å². The molecule has 17 heavy (non-hydrogen) atoms. The minimum absolute atomic E-state index is 0.372. The highest BCUT2D eigenvalue weighted by Crippen LogP contribution is 2.09. The van der Waals surface area contributed by atoms with Crippen molar-refractivity contribution in [2.75, 3.05) is 12.0 Å². The Hall–Kier alpha value is -1.64. The number of carbonyl (C=O) groups is 1. The third kappa shape index (κ3) is 4.81. The van der Waals surface area contributed by atoms with E-state index in [4.69, 9.17) is 9.66 Å². The third-order valence-electron chi connectivity index (χ3n) is 1.83. The molecule has 0 fully saturated rings. The molecule has 0 aromatic heterocycles. The zero-order chi connectivity index (χ0) is 12.9. The highest BCUT2D eigenvalue weighted by molar-refractivity contribution is 7.83. The van der Waals surface area contributed by atoms with Crippen LogP contribution in [-0.4, -0.2) is 35.0 Å². The van der Waals surface area contributed by atoms with Gasteiger partial charge in [-0.3, -0.25) is 9.35 Å². The smallest absolute Gasteiger partial charge is 0.353 e. The summed E-state index contributed by atoms with van der Waals surface area (Å²) in [6, 6.07) is 8.24. The van der Waals surface area contributed by atoms with Gasteiger partial charge >= 0.3 is 16.3 Å². The number of para-hydroxylation sites is 1. The highest BCUT2D eigenvalue weighted by Gasteiger charge is 2.19. The standard InChI is InChI=1S/C9H12N2O5S/c12-9(13)6-7-11(17(14,15)16)10-8-4-2-1-3-5-8/h1-5,10H,6-7H2,(H,12,13)(H,14,15,16). The van der Waals surface area contributed by atoms with Gasteiger partial charge in [0.05, 0.1) is 12.1 Å². The number of hydrogen-bond acceptors (Lipinski definition) is 4. The Kier molecular flexibility index (Phi) is 4.44. The summed E-state index contributed by atoms with van der Waals surface area (Å²) in [6.45, 7) is -0.372. The molecule has 0 atom stereocenters. The Balaban J connectivity index is 2.75. The maximum Gasteiger partial charge on any atom is 0.353 e.